The maximum absolute atomic E-state index is 6.02. The molecule has 0 atom stereocenters. The molecule has 1 aliphatic rings. The third-order valence-electron chi connectivity index (χ3n) is 4.49. The summed E-state index contributed by atoms with van der Waals surface area (Å²) >= 11 is 0. The molecule has 7 nitrogen and oxygen atoms in total. The van der Waals surface area contributed by atoms with Gasteiger partial charge in [-0.05, 0) is 44.0 Å². The Morgan fingerprint density at radius 1 is 1.20 bits per heavy atom. The summed E-state index contributed by atoms with van der Waals surface area (Å²) in [6.07, 6.45) is 2.30. The highest BCUT2D eigenvalue weighted by atomic mass is 16.5. The summed E-state index contributed by atoms with van der Waals surface area (Å²) in [7, 11) is 4.97. The second-order valence-electron chi connectivity index (χ2n) is 6.20. The number of nitrogens with one attached hydrogen (secondary N) is 1. The smallest absolute Gasteiger partial charge is 0.193 e. The molecule has 0 aliphatic carbocycles. The first-order chi connectivity index (χ1) is 12.2. The van der Waals surface area contributed by atoms with Gasteiger partial charge in [0.2, 0.25) is 0 Å². The topological polar surface area (TPSA) is 81.3 Å². The normalized spacial score (nSPS) is 16.7. The third-order valence-corrected chi connectivity index (χ3v) is 4.49. The summed E-state index contributed by atoms with van der Waals surface area (Å²) in [5, 5.41) is 3.11. The minimum absolute atomic E-state index is 0.425. The lowest BCUT2D eigenvalue weighted by atomic mass is 9.97. The minimum Gasteiger partial charge on any atom is -0.493 e. The van der Waals surface area contributed by atoms with Gasteiger partial charge in [0.1, 0.15) is 0 Å². The van der Waals surface area contributed by atoms with E-state index in [9.17, 15) is 0 Å². The summed E-state index contributed by atoms with van der Waals surface area (Å²) in [5.41, 5.74) is 6.84. The zero-order valence-electron chi connectivity index (χ0n) is 15.5. The number of nitrogens with two attached hydrogens (primary N) is 1. The molecule has 0 bridgehead atoms. The lowest BCUT2D eigenvalue weighted by molar-refractivity contribution is 0.121. The van der Waals surface area contributed by atoms with Gasteiger partial charge in [0.15, 0.2) is 17.5 Å². The number of hydrogen-bond donors (Lipinski definition) is 2. The molecule has 2 rings (SSSR count). The van der Waals surface area contributed by atoms with Gasteiger partial charge < -0.3 is 30.2 Å². The van der Waals surface area contributed by atoms with Crippen LogP contribution in [0.25, 0.3) is 0 Å². The number of aliphatic imine (C=N–C) groups is 1. The summed E-state index contributed by atoms with van der Waals surface area (Å²) in [6, 6.07) is 5.57. The molecule has 1 aromatic rings. The number of hydrogen-bond acceptors (Lipinski definition) is 5. The quantitative estimate of drug-likeness (QED) is 0.549. The van der Waals surface area contributed by atoms with E-state index in [1.54, 1.807) is 21.3 Å². The molecule has 25 heavy (non-hydrogen) atoms. The van der Waals surface area contributed by atoms with E-state index < -0.39 is 0 Å². The van der Waals surface area contributed by atoms with E-state index in [0.717, 1.165) is 51.3 Å². The second-order valence-corrected chi connectivity index (χ2v) is 6.20. The van der Waals surface area contributed by atoms with Crippen molar-refractivity contribution in [3.8, 4) is 11.5 Å². The predicted octanol–water partition coefficient (Wildman–Crippen LogP) is 1.79. The van der Waals surface area contributed by atoms with E-state index in [0.29, 0.717) is 23.4 Å². The van der Waals surface area contributed by atoms with Crippen LogP contribution in [0, 0.1) is 5.92 Å². The van der Waals surface area contributed by atoms with Crippen LogP contribution in [0.2, 0.25) is 0 Å². The first-order valence-corrected chi connectivity index (χ1v) is 8.66. The van der Waals surface area contributed by atoms with Crippen molar-refractivity contribution < 1.29 is 14.2 Å². The Kier molecular flexibility index (Phi) is 7.81. The molecular weight excluding hydrogens is 320 g/mol. The number of methoxy groups -OCH3 is 3. The number of likely N-dealkylation sites (tertiary alicyclic amines) is 1. The van der Waals surface area contributed by atoms with Gasteiger partial charge in [-0.15, -0.1) is 0 Å². The fourth-order valence-corrected chi connectivity index (χ4v) is 2.94. The highest BCUT2D eigenvalue weighted by molar-refractivity contribution is 5.92. The number of benzene rings is 1. The van der Waals surface area contributed by atoms with Crippen LogP contribution in [0.1, 0.15) is 12.8 Å². The molecule has 0 spiro atoms. The minimum atomic E-state index is 0.425. The largest absolute Gasteiger partial charge is 0.493 e. The Morgan fingerprint density at radius 3 is 2.56 bits per heavy atom. The van der Waals surface area contributed by atoms with E-state index in [2.05, 4.69) is 15.2 Å². The van der Waals surface area contributed by atoms with Gasteiger partial charge in [0.05, 0.1) is 20.8 Å². The monoisotopic (exact) mass is 350 g/mol. The fourth-order valence-electron chi connectivity index (χ4n) is 2.94. The van der Waals surface area contributed by atoms with E-state index in [-0.39, 0.29) is 0 Å². The Balaban J connectivity index is 1.80. The molecule has 0 aromatic heterocycles. The average molecular weight is 350 g/mol. The maximum atomic E-state index is 6.02. The van der Waals surface area contributed by atoms with Crippen molar-refractivity contribution in [2.24, 2.45) is 16.6 Å². The molecule has 7 heteroatoms. The highest BCUT2D eigenvalue weighted by Gasteiger charge is 2.18. The summed E-state index contributed by atoms with van der Waals surface area (Å²) in [5.74, 6) is 2.35. The van der Waals surface area contributed by atoms with Crippen LogP contribution < -0.4 is 20.5 Å². The van der Waals surface area contributed by atoms with Crippen molar-refractivity contribution in [2.45, 2.75) is 12.8 Å². The predicted molar refractivity (Wildman–Crippen MR) is 101 cm³/mol. The SMILES string of the molecule is COCCN1CCC(CN=C(N)Nc2ccc(OC)c(OC)c2)CC1. The van der Waals surface area contributed by atoms with Crippen molar-refractivity contribution in [3.05, 3.63) is 18.2 Å². The zero-order chi connectivity index (χ0) is 18.1. The number of piperidine rings is 1. The molecule has 1 saturated heterocycles. The second kappa shape index (κ2) is 10.1. The Hall–Kier alpha value is -1.99. The average Bonchev–Trinajstić information content (AvgIpc) is 2.65. The number of nitrogens with zero attached hydrogens (tertiary/aromatic N) is 2. The first kappa shape index (κ1) is 19.3. The lowest BCUT2D eigenvalue weighted by Gasteiger charge is -2.30. The fraction of sp³-hybridized carbons (Fsp3) is 0.611. The maximum Gasteiger partial charge on any atom is 0.193 e. The molecule has 3 N–H and O–H groups in total. The van der Waals surface area contributed by atoms with Crippen molar-refractivity contribution in [1.82, 2.24) is 4.90 Å². The molecule has 1 heterocycles. The van der Waals surface area contributed by atoms with Crippen LogP contribution >= 0.6 is 0 Å². The molecule has 0 saturated carbocycles. The van der Waals surface area contributed by atoms with Crippen molar-refractivity contribution in [3.63, 3.8) is 0 Å². The molecule has 140 valence electrons. The van der Waals surface area contributed by atoms with Gasteiger partial charge in [-0.2, -0.15) is 0 Å². The van der Waals surface area contributed by atoms with Crippen LogP contribution in [0.4, 0.5) is 5.69 Å². The van der Waals surface area contributed by atoms with Crippen LogP contribution in [0.5, 0.6) is 11.5 Å². The lowest BCUT2D eigenvalue weighted by Crippen LogP contribution is -2.37. The first-order valence-electron chi connectivity index (χ1n) is 8.66. The van der Waals surface area contributed by atoms with Crippen LogP contribution in [0.3, 0.4) is 0 Å². The van der Waals surface area contributed by atoms with Gasteiger partial charge >= 0.3 is 0 Å². The molecule has 1 aliphatic heterocycles. The molecule has 0 amide bonds. The summed E-state index contributed by atoms with van der Waals surface area (Å²) < 4.78 is 15.7. The van der Waals surface area contributed by atoms with Gasteiger partial charge in [0.25, 0.3) is 0 Å². The molecule has 0 unspecified atom stereocenters. The number of rotatable bonds is 8. The van der Waals surface area contributed by atoms with E-state index in [1.165, 1.54) is 0 Å². The number of guanidine groups is 1. The van der Waals surface area contributed by atoms with Crippen LogP contribution in [0.15, 0.2) is 23.2 Å². The van der Waals surface area contributed by atoms with E-state index in [4.69, 9.17) is 19.9 Å². The van der Waals surface area contributed by atoms with Gasteiger partial charge in [0, 0.05) is 32.0 Å². The number of ether oxygens (including phenoxy) is 3. The zero-order valence-corrected chi connectivity index (χ0v) is 15.5. The molecule has 1 fully saturated rings. The molecular formula is C18H30N4O3. The van der Waals surface area contributed by atoms with E-state index in [1.807, 2.05) is 18.2 Å². The van der Waals surface area contributed by atoms with Crippen LogP contribution in [-0.4, -0.2) is 65.0 Å². The van der Waals surface area contributed by atoms with Crippen molar-refractivity contribution >= 4 is 11.6 Å². The number of anilines is 1. The highest BCUT2D eigenvalue weighted by Crippen LogP contribution is 2.29. The van der Waals surface area contributed by atoms with Crippen molar-refractivity contribution in [2.75, 3.05) is 59.4 Å². The summed E-state index contributed by atoms with van der Waals surface area (Å²) in [6.45, 7) is 4.77. The standard InChI is InChI=1S/C18H30N4O3/c1-23-11-10-22-8-6-14(7-9-22)13-20-18(19)21-15-4-5-16(24-2)17(12-15)25-3/h4-5,12,14H,6-11,13H2,1-3H3,(H3,19,20,21). The van der Waals surface area contributed by atoms with E-state index >= 15 is 0 Å². The van der Waals surface area contributed by atoms with Gasteiger partial charge in [-0.1, -0.05) is 0 Å². The Bertz CT molecular complexity index is 557. The molecule has 1 aromatic carbocycles. The van der Waals surface area contributed by atoms with Gasteiger partial charge in [-0.25, -0.2) is 0 Å². The van der Waals surface area contributed by atoms with Crippen molar-refractivity contribution in [1.29, 1.82) is 0 Å². The molecule has 0 radical (unpaired) electrons. The summed E-state index contributed by atoms with van der Waals surface area (Å²) in [4.78, 5) is 6.94. The Labute approximate surface area is 150 Å². The van der Waals surface area contributed by atoms with Gasteiger partial charge in [-0.3, -0.25) is 4.99 Å². The van der Waals surface area contributed by atoms with Crippen LogP contribution in [-0.2, 0) is 4.74 Å². The Morgan fingerprint density at radius 2 is 1.92 bits per heavy atom. The third kappa shape index (κ3) is 6.10.